The lowest BCUT2D eigenvalue weighted by Crippen LogP contribution is -2.14. The van der Waals surface area contributed by atoms with Gasteiger partial charge in [0, 0.05) is 11.7 Å². The molecule has 0 spiro atoms. The van der Waals surface area contributed by atoms with Crippen LogP contribution in [0.3, 0.4) is 0 Å². The highest BCUT2D eigenvalue weighted by atomic mass is 32.2. The highest BCUT2D eigenvalue weighted by Gasteiger charge is 2.62. The molecule has 98 valence electrons. The topological polar surface area (TPSA) is 71.4 Å². The van der Waals surface area contributed by atoms with E-state index in [1.54, 1.807) is 0 Å². The fourth-order valence-electron chi connectivity index (χ4n) is 2.30. The van der Waals surface area contributed by atoms with Crippen molar-refractivity contribution in [2.45, 2.75) is 18.1 Å². The standard InChI is InChI=1S/C12H13FO4S/c1-2-18(16,17)11-9(10(11)12(14)15)7-3-5-8(13)6-4-7/h3-6,9-11H,2H2,1H3,(H,14,15)/t9-,10+,11+/m0/s1. The molecule has 1 aromatic rings. The highest BCUT2D eigenvalue weighted by Crippen LogP contribution is 2.52. The normalized spacial score (nSPS) is 26.9. The van der Waals surface area contributed by atoms with Gasteiger partial charge in [-0.3, -0.25) is 4.79 Å². The molecular formula is C12H13FO4S. The predicted octanol–water partition coefficient (Wildman–Crippen LogP) is 1.43. The summed E-state index contributed by atoms with van der Waals surface area (Å²) < 4.78 is 36.4. The maximum absolute atomic E-state index is 12.8. The summed E-state index contributed by atoms with van der Waals surface area (Å²) in [5.74, 6) is -3.11. The van der Waals surface area contributed by atoms with Gasteiger partial charge in [-0.2, -0.15) is 0 Å². The summed E-state index contributed by atoms with van der Waals surface area (Å²) in [6.45, 7) is 1.49. The lowest BCUT2D eigenvalue weighted by Gasteiger charge is -2.00. The molecule has 0 saturated heterocycles. The summed E-state index contributed by atoms with van der Waals surface area (Å²) in [7, 11) is -3.40. The molecule has 1 fully saturated rings. The maximum atomic E-state index is 12.8. The van der Waals surface area contributed by atoms with Crippen LogP contribution >= 0.6 is 0 Å². The molecule has 0 aromatic heterocycles. The molecule has 1 saturated carbocycles. The van der Waals surface area contributed by atoms with Crippen LogP contribution in [0.25, 0.3) is 0 Å². The monoisotopic (exact) mass is 272 g/mol. The van der Waals surface area contributed by atoms with Crippen LogP contribution in [0.1, 0.15) is 18.4 Å². The van der Waals surface area contributed by atoms with Crippen LogP contribution in [-0.4, -0.2) is 30.5 Å². The van der Waals surface area contributed by atoms with Crippen LogP contribution in [0.5, 0.6) is 0 Å². The first kappa shape index (κ1) is 13.0. The Balaban J connectivity index is 2.33. The second kappa shape index (κ2) is 4.35. The van der Waals surface area contributed by atoms with Crippen LogP contribution in [0.4, 0.5) is 4.39 Å². The van der Waals surface area contributed by atoms with Crippen molar-refractivity contribution < 1.29 is 22.7 Å². The Kier molecular flexibility index (Phi) is 3.14. The lowest BCUT2D eigenvalue weighted by atomic mass is 10.1. The Morgan fingerprint density at radius 2 is 1.89 bits per heavy atom. The highest BCUT2D eigenvalue weighted by molar-refractivity contribution is 7.92. The zero-order valence-corrected chi connectivity index (χ0v) is 10.5. The van der Waals surface area contributed by atoms with Crippen LogP contribution < -0.4 is 0 Å². The Morgan fingerprint density at radius 3 is 2.33 bits per heavy atom. The van der Waals surface area contributed by atoms with Crippen LogP contribution in [0, 0.1) is 11.7 Å². The second-order valence-corrected chi connectivity index (χ2v) is 6.80. The van der Waals surface area contributed by atoms with Crippen molar-refractivity contribution in [3.8, 4) is 0 Å². The first-order valence-electron chi connectivity index (χ1n) is 5.58. The van der Waals surface area contributed by atoms with Crippen molar-refractivity contribution >= 4 is 15.8 Å². The molecule has 0 unspecified atom stereocenters. The number of carbonyl (C=O) groups is 1. The Hall–Kier alpha value is -1.43. The van der Waals surface area contributed by atoms with Crippen LogP contribution in [-0.2, 0) is 14.6 Å². The van der Waals surface area contributed by atoms with E-state index in [4.69, 9.17) is 5.11 Å². The second-order valence-electron chi connectivity index (χ2n) is 4.36. The van der Waals surface area contributed by atoms with Gasteiger partial charge in [0.05, 0.1) is 11.2 Å². The molecule has 2 rings (SSSR count). The fourth-order valence-corrected chi connectivity index (χ4v) is 4.10. The van der Waals surface area contributed by atoms with Crippen molar-refractivity contribution in [3.05, 3.63) is 35.6 Å². The number of halogens is 1. The van der Waals surface area contributed by atoms with Gasteiger partial charge in [-0.25, -0.2) is 12.8 Å². The molecule has 1 aliphatic rings. The number of hydrogen-bond acceptors (Lipinski definition) is 3. The molecule has 0 heterocycles. The van der Waals surface area contributed by atoms with Gasteiger partial charge in [-0.1, -0.05) is 19.1 Å². The Bertz CT molecular complexity index is 564. The molecule has 6 heteroatoms. The van der Waals surface area contributed by atoms with Gasteiger partial charge in [0.2, 0.25) is 0 Å². The van der Waals surface area contributed by atoms with E-state index in [1.165, 1.54) is 31.2 Å². The number of benzene rings is 1. The Morgan fingerprint density at radius 1 is 1.33 bits per heavy atom. The number of hydrogen-bond donors (Lipinski definition) is 1. The van der Waals surface area contributed by atoms with E-state index in [2.05, 4.69) is 0 Å². The molecular weight excluding hydrogens is 259 g/mol. The van der Waals surface area contributed by atoms with E-state index in [9.17, 15) is 17.6 Å². The zero-order chi connectivity index (χ0) is 13.5. The fraction of sp³-hybridized carbons (Fsp3) is 0.417. The molecule has 0 bridgehead atoms. The van der Waals surface area contributed by atoms with Crippen molar-refractivity contribution in [1.82, 2.24) is 0 Å². The van der Waals surface area contributed by atoms with E-state index >= 15 is 0 Å². The van der Waals surface area contributed by atoms with E-state index < -0.39 is 38.7 Å². The molecule has 4 nitrogen and oxygen atoms in total. The maximum Gasteiger partial charge on any atom is 0.308 e. The Labute approximate surface area is 104 Å². The molecule has 0 aliphatic heterocycles. The van der Waals surface area contributed by atoms with Crippen molar-refractivity contribution in [3.63, 3.8) is 0 Å². The summed E-state index contributed by atoms with van der Waals surface area (Å²) in [6.07, 6.45) is 0. The molecule has 1 aliphatic carbocycles. The van der Waals surface area contributed by atoms with Crippen LogP contribution in [0.15, 0.2) is 24.3 Å². The quantitative estimate of drug-likeness (QED) is 0.900. The predicted molar refractivity (Wildman–Crippen MR) is 63.5 cm³/mol. The first-order valence-corrected chi connectivity index (χ1v) is 7.30. The largest absolute Gasteiger partial charge is 0.481 e. The summed E-state index contributed by atoms with van der Waals surface area (Å²) in [5.41, 5.74) is 0.561. The smallest absolute Gasteiger partial charge is 0.308 e. The van der Waals surface area contributed by atoms with Gasteiger partial charge in [0.25, 0.3) is 0 Å². The van der Waals surface area contributed by atoms with Crippen molar-refractivity contribution in [1.29, 1.82) is 0 Å². The van der Waals surface area contributed by atoms with Gasteiger partial charge in [0.15, 0.2) is 9.84 Å². The summed E-state index contributed by atoms with van der Waals surface area (Å²) in [6, 6.07) is 5.31. The number of carboxylic acids is 1. The lowest BCUT2D eigenvalue weighted by molar-refractivity contribution is -0.138. The average molecular weight is 272 g/mol. The van der Waals surface area contributed by atoms with Gasteiger partial charge in [0.1, 0.15) is 5.82 Å². The number of rotatable bonds is 4. The third-order valence-electron chi connectivity index (χ3n) is 3.31. The van der Waals surface area contributed by atoms with E-state index in [0.29, 0.717) is 5.56 Å². The zero-order valence-electron chi connectivity index (χ0n) is 9.71. The molecule has 3 atom stereocenters. The van der Waals surface area contributed by atoms with Gasteiger partial charge in [-0.05, 0) is 17.7 Å². The molecule has 1 aromatic carbocycles. The van der Waals surface area contributed by atoms with E-state index in [-0.39, 0.29) is 5.75 Å². The van der Waals surface area contributed by atoms with Crippen molar-refractivity contribution in [2.75, 3.05) is 5.75 Å². The number of carboxylic acid groups (broad SMARTS) is 1. The number of aliphatic carboxylic acids is 1. The minimum Gasteiger partial charge on any atom is -0.481 e. The third kappa shape index (κ3) is 2.12. The molecule has 0 amide bonds. The van der Waals surface area contributed by atoms with Crippen molar-refractivity contribution in [2.24, 2.45) is 5.92 Å². The number of sulfone groups is 1. The minimum atomic E-state index is -3.40. The average Bonchev–Trinajstić information content (AvgIpc) is 3.06. The summed E-state index contributed by atoms with van der Waals surface area (Å²) in [4.78, 5) is 11.0. The van der Waals surface area contributed by atoms with Gasteiger partial charge < -0.3 is 5.11 Å². The minimum absolute atomic E-state index is 0.0842. The third-order valence-corrected chi connectivity index (χ3v) is 5.53. The van der Waals surface area contributed by atoms with E-state index in [1.807, 2.05) is 0 Å². The SMILES string of the molecule is CCS(=O)(=O)[C@H]1[C@H](C(=O)O)[C@@H]1c1ccc(F)cc1. The summed E-state index contributed by atoms with van der Waals surface area (Å²) >= 11 is 0. The summed E-state index contributed by atoms with van der Waals surface area (Å²) in [5, 5.41) is 8.15. The molecule has 18 heavy (non-hydrogen) atoms. The van der Waals surface area contributed by atoms with E-state index in [0.717, 1.165) is 0 Å². The molecule has 1 N–H and O–H groups in total. The van der Waals surface area contributed by atoms with Crippen LogP contribution in [0.2, 0.25) is 0 Å². The molecule has 0 radical (unpaired) electrons. The van der Waals surface area contributed by atoms with Gasteiger partial charge in [-0.15, -0.1) is 0 Å². The first-order chi connectivity index (χ1) is 8.38. The van der Waals surface area contributed by atoms with Gasteiger partial charge >= 0.3 is 5.97 Å².